The van der Waals surface area contributed by atoms with Gasteiger partial charge >= 0.3 is 0 Å². The van der Waals surface area contributed by atoms with E-state index in [0.29, 0.717) is 0 Å². The van der Waals surface area contributed by atoms with Crippen LogP contribution in [0.4, 0.5) is 0 Å². The number of hydrogen-bond donors (Lipinski definition) is 2. The van der Waals surface area contributed by atoms with Gasteiger partial charge in [0.05, 0.1) is 16.2 Å². The molecule has 0 amide bonds. The van der Waals surface area contributed by atoms with Crippen molar-refractivity contribution < 1.29 is 5.11 Å². The number of rotatable bonds is 6. The van der Waals surface area contributed by atoms with Crippen molar-refractivity contribution in [3.63, 3.8) is 0 Å². The number of hydrogen-bond acceptors (Lipinski definition) is 4. The predicted octanol–water partition coefficient (Wildman–Crippen LogP) is 3.29. The van der Waals surface area contributed by atoms with Gasteiger partial charge in [-0.05, 0) is 18.6 Å². The molecule has 0 aliphatic carbocycles. The maximum Gasteiger partial charge on any atom is 0.0931 e. The van der Waals surface area contributed by atoms with E-state index in [1.54, 1.807) is 23.1 Å². The SMILES string of the molecule is CCC(N)C(SC(C)CO)c1ccc(Cl)s1. The highest BCUT2D eigenvalue weighted by molar-refractivity contribution is 8.00. The molecule has 0 fully saturated rings. The summed E-state index contributed by atoms with van der Waals surface area (Å²) in [5.74, 6) is 0. The first-order valence-corrected chi connectivity index (χ1v) is 7.49. The molecule has 3 unspecified atom stereocenters. The molecular weight excluding hydrogens is 262 g/mol. The molecule has 1 rings (SSSR count). The molecule has 2 nitrogen and oxygen atoms in total. The van der Waals surface area contributed by atoms with E-state index < -0.39 is 0 Å². The van der Waals surface area contributed by atoms with Crippen LogP contribution in [-0.2, 0) is 0 Å². The largest absolute Gasteiger partial charge is 0.395 e. The second kappa shape index (κ2) is 6.87. The van der Waals surface area contributed by atoms with Gasteiger partial charge in [0.15, 0.2) is 0 Å². The molecule has 0 saturated carbocycles. The van der Waals surface area contributed by atoms with Gasteiger partial charge in [0.2, 0.25) is 0 Å². The van der Waals surface area contributed by atoms with E-state index in [-0.39, 0.29) is 23.1 Å². The summed E-state index contributed by atoms with van der Waals surface area (Å²) in [6.07, 6.45) is 0.922. The van der Waals surface area contributed by atoms with Gasteiger partial charge < -0.3 is 10.8 Å². The molecule has 0 aromatic carbocycles. The molecule has 1 heterocycles. The van der Waals surface area contributed by atoms with Gasteiger partial charge in [-0.1, -0.05) is 25.4 Å². The Morgan fingerprint density at radius 2 is 2.25 bits per heavy atom. The van der Waals surface area contributed by atoms with Crippen molar-refractivity contribution in [1.29, 1.82) is 0 Å². The molecule has 1 aromatic heterocycles. The normalized spacial score (nSPS) is 17.1. The van der Waals surface area contributed by atoms with E-state index in [2.05, 4.69) is 6.92 Å². The molecular formula is C11H18ClNOS2. The molecule has 0 aliphatic rings. The summed E-state index contributed by atoms with van der Waals surface area (Å²) in [6, 6.07) is 4.04. The minimum absolute atomic E-state index is 0.105. The third kappa shape index (κ3) is 3.93. The topological polar surface area (TPSA) is 46.2 Å². The van der Waals surface area contributed by atoms with Crippen LogP contribution in [0.15, 0.2) is 12.1 Å². The van der Waals surface area contributed by atoms with Crippen LogP contribution < -0.4 is 5.73 Å². The van der Waals surface area contributed by atoms with Crippen LogP contribution in [0.25, 0.3) is 0 Å². The van der Waals surface area contributed by atoms with E-state index in [9.17, 15) is 0 Å². The number of nitrogens with two attached hydrogens (primary N) is 1. The molecule has 0 bridgehead atoms. The van der Waals surface area contributed by atoms with E-state index in [1.165, 1.54) is 4.88 Å². The molecule has 3 N–H and O–H groups in total. The van der Waals surface area contributed by atoms with Crippen molar-refractivity contribution in [1.82, 2.24) is 0 Å². The average Bonchev–Trinajstić information content (AvgIpc) is 2.71. The van der Waals surface area contributed by atoms with Gasteiger partial charge in [0.1, 0.15) is 0 Å². The fourth-order valence-corrected chi connectivity index (χ4v) is 3.99. The fourth-order valence-electron chi connectivity index (χ4n) is 1.37. The summed E-state index contributed by atoms with van der Waals surface area (Å²) in [6.45, 7) is 4.27. The minimum Gasteiger partial charge on any atom is -0.395 e. The first-order chi connectivity index (χ1) is 7.58. The number of thioether (sulfide) groups is 1. The first kappa shape index (κ1) is 14.3. The van der Waals surface area contributed by atoms with Gasteiger partial charge in [0, 0.05) is 16.2 Å². The van der Waals surface area contributed by atoms with Crippen LogP contribution in [0, 0.1) is 0 Å². The van der Waals surface area contributed by atoms with Gasteiger partial charge in [-0.2, -0.15) is 0 Å². The highest BCUT2D eigenvalue weighted by atomic mass is 35.5. The molecule has 5 heteroatoms. The monoisotopic (exact) mass is 279 g/mol. The zero-order chi connectivity index (χ0) is 12.1. The van der Waals surface area contributed by atoms with Crippen molar-refractivity contribution in [3.05, 3.63) is 21.3 Å². The van der Waals surface area contributed by atoms with Gasteiger partial charge in [-0.3, -0.25) is 0 Å². The summed E-state index contributed by atoms with van der Waals surface area (Å²) in [5, 5.41) is 9.53. The summed E-state index contributed by atoms with van der Waals surface area (Å²) >= 11 is 9.24. The minimum atomic E-state index is 0.105. The second-order valence-corrected chi connectivity index (χ2v) is 7.10. The third-order valence-electron chi connectivity index (χ3n) is 2.37. The van der Waals surface area contributed by atoms with E-state index in [1.807, 2.05) is 19.1 Å². The summed E-state index contributed by atoms with van der Waals surface area (Å²) in [5.41, 5.74) is 6.12. The number of thiophene rings is 1. The van der Waals surface area contributed by atoms with Crippen molar-refractivity contribution in [2.75, 3.05) is 6.61 Å². The van der Waals surface area contributed by atoms with Crippen LogP contribution in [0.5, 0.6) is 0 Å². The summed E-state index contributed by atoms with van der Waals surface area (Å²) in [4.78, 5) is 1.20. The predicted molar refractivity (Wildman–Crippen MR) is 74.5 cm³/mol. The highest BCUT2D eigenvalue weighted by Gasteiger charge is 2.23. The van der Waals surface area contributed by atoms with Crippen LogP contribution in [0.3, 0.4) is 0 Å². The summed E-state index contributed by atoms with van der Waals surface area (Å²) in [7, 11) is 0. The number of halogens is 1. The molecule has 0 aliphatic heterocycles. The fraction of sp³-hybridized carbons (Fsp3) is 0.636. The van der Waals surface area contributed by atoms with Crippen LogP contribution >= 0.6 is 34.7 Å². The smallest absolute Gasteiger partial charge is 0.0931 e. The van der Waals surface area contributed by atoms with E-state index in [4.69, 9.17) is 22.4 Å². The zero-order valence-electron chi connectivity index (χ0n) is 9.52. The van der Waals surface area contributed by atoms with Crippen LogP contribution in [0.2, 0.25) is 4.34 Å². The Bertz CT molecular complexity index is 319. The van der Waals surface area contributed by atoms with Gasteiger partial charge in [-0.15, -0.1) is 23.1 Å². The van der Waals surface area contributed by atoms with Crippen molar-refractivity contribution in [2.45, 2.75) is 36.8 Å². The lowest BCUT2D eigenvalue weighted by Crippen LogP contribution is -2.26. The number of aliphatic hydroxyl groups excluding tert-OH is 1. The Morgan fingerprint density at radius 1 is 1.56 bits per heavy atom. The molecule has 0 spiro atoms. The summed E-state index contributed by atoms with van der Waals surface area (Å²) < 4.78 is 0.792. The maximum absolute atomic E-state index is 9.11. The quantitative estimate of drug-likeness (QED) is 0.840. The van der Waals surface area contributed by atoms with Crippen molar-refractivity contribution in [3.8, 4) is 0 Å². The standard InChI is InChI=1S/C11H18ClNOS2/c1-3-8(13)11(15-7(2)6-14)9-4-5-10(12)16-9/h4-5,7-8,11,14H,3,6,13H2,1-2H3. The Morgan fingerprint density at radius 3 is 2.69 bits per heavy atom. The Labute approximate surface area is 110 Å². The molecule has 0 radical (unpaired) electrons. The van der Waals surface area contributed by atoms with Crippen molar-refractivity contribution in [2.24, 2.45) is 5.73 Å². The molecule has 3 atom stereocenters. The first-order valence-electron chi connectivity index (χ1n) is 5.35. The lowest BCUT2D eigenvalue weighted by Gasteiger charge is -2.23. The highest BCUT2D eigenvalue weighted by Crippen LogP contribution is 2.39. The molecule has 1 aromatic rings. The third-order valence-corrected chi connectivity index (χ3v) is 5.34. The van der Waals surface area contributed by atoms with Crippen LogP contribution in [-0.4, -0.2) is 23.0 Å². The van der Waals surface area contributed by atoms with E-state index >= 15 is 0 Å². The Hall–Kier alpha value is 0.260. The second-order valence-electron chi connectivity index (χ2n) is 3.76. The average molecular weight is 280 g/mol. The van der Waals surface area contributed by atoms with Crippen LogP contribution in [0.1, 0.15) is 30.4 Å². The van der Waals surface area contributed by atoms with Gasteiger partial charge in [0.25, 0.3) is 0 Å². The zero-order valence-corrected chi connectivity index (χ0v) is 11.9. The molecule has 16 heavy (non-hydrogen) atoms. The lowest BCUT2D eigenvalue weighted by atomic mass is 10.1. The van der Waals surface area contributed by atoms with E-state index in [0.717, 1.165) is 10.8 Å². The lowest BCUT2D eigenvalue weighted by molar-refractivity contribution is 0.299. The molecule has 92 valence electrons. The number of aliphatic hydroxyl groups is 1. The maximum atomic E-state index is 9.11. The Kier molecular flexibility index (Phi) is 6.15. The Balaban J connectivity index is 2.78. The van der Waals surface area contributed by atoms with Gasteiger partial charge in [-0.25, -0.2) is 0 Å². The molecule has 0 saturated heterocycles. The van der Waals surface area contributed by atoms with Crippen molar-refractivity contribution >= 4 is 34.7 Å².